The maximum absolute atomic E-state index is 12.5. The first kappa shape index (κ1) is 17.5. The highest BCUT2D eigenvalue weighted by Gasteiger charge is 2.29. The molecule has 1 N–H and O–H groups in total. The summed E-state index contributed by atoms with van der Waals surface area (Å²) in [6.07, 6.45) is -2.79. The van der Waals surface area contributed by atoms with Crippen molar-refractivity contribution in [1.29, 1.82) is 0 Å². The van der Waals surface area contributed by atoms with E-state index in [-0.39, 0.29) is 12.1 Å². The number of pyridine rings is 1. The summed E-state index contributed by atoms with van der Waals surface area (Å²) in [7, 11) is 1.27. The SMILES string of the molecule is COC(=O)c1cc(I)cnc1NCc1ccc(C(F)(F)F)cc1. The number of anilines is 1. The van der Waals surface area contributed by atoms with Gasteiger partial charge in [0.15, 0.2) is 0 Å². The van der Waals surface area contributed by atoms with Crippen LogP contribution in [0.2, 0.25) is 0 Å². The molecule has 1 aromatic heterocycles. The van der Waals surface area contributed by atoms with Crippen LogP contribution < -0.4 is 5.32 Å². The first-order chi connectivity index (χ1) is 10.8. The van der Waals surface area contributed by atoms with Gasteiger partial charge >= 0.3 is 12.1 Å². The van der Waals surface area contributed by atoms with Crippen LogP contribution in [0.25, 0.3) is 0 Å². The van der Waals surface area contributed by atoms with Gasteiger partial charge in [-0.25, -0.2) is 9.78 Å². The van der Waals surface area contributed by atoms with E-state index < -0.39 is 17.7 Å². The van der Waals surface area contributed by atoms with Crippen molar-refractivity contribution in [2.75, 3.05) is 12.4 Å². The molecule has 8 heteroatoms. The Morgan fingerprint density at radius 1 is 1.30 bits per heavy atom. The van der Waals surface area contributed by atoms with Gasteiger partial charge in [0, 0.05) is 16.3 Å². The van der Waals surface area contributed by atoms with Crippen molar-refractivity contribution in [3.63, 3.8) is 0 Å². The Morgan fingerprint density at radius 3 is 2.52 bits per heavy atom. The van der Waals surface area contributed by atoms with Gasteiger partial charge in [0.2, 0.25) is 0 Å². The number of benzene rings is 1. The number of halogens is 4. The lowest BCUT2D eigenvalue weighted by atomic mass is 10.1. The summed E-state index contributed by atoms with van der Waals surface area (Å²) >= 11 is 2.02. The summed E-state index contributed by atoms with van der Waals surface area (Å²) in [5, 5.41) is 2.93. The topological polar surface area (TPSA) is 51.2 Å². The average molecular weight is 436 g/mol. The summed E-state index contributed by atoms with van der Waals surface area (Å²) < 4.78 is 43.0. The molecule has 0 saturated heterocycles. The number of alkyl halides is 3. The van der Waals surface area contributed by atoms with Gasteiger partial charge in [-0.2, -0.15) is 13.2 Å². The van der Waals surface area contributed by atoms with Crippen molar-refractivity contribution in [1.82, 2.24) is 4.98 Å². The number of ether oxygens (including phenoxy) is 1. The Morgan fingerprint density at radius 2 is 1.96 bits per heavy atom. The van der Waals surface area contributed by atoms with E-state index in [0.29, 0.717) is 11.4 Å². The molecule has 0 spiro atoms. The molecule has 0 saturated carbocycles. The number of esters is 1. The minimum atomic E-state index is -4.36. The molecule has 2 aromatic rings. The Hall–Kier alpha value is -1.84. The van der Waals surface area contributed by atoms with Crippen LogP contribution in [0.1, 0.15) is 21.5 Å². The molecule has 0 atom stereocenters. The molecular formula is C15H12F3IN2O2. The van der Waals surface area contributed by atoms with Crippen molar-refractivity contribution in [2.45, 2.75) is 12.7 Å². The number of hydrogen-bond donors (Lipinski definition) is 1. The molecule has 0 fully saturated rings. The molecule has 122 valence electrons. The summed E-state index contributed by atoms with van der Waals surface area (Å²) in [5.74, 6) is -0.219. The van der Waals surface area contributed by atoms with Crippen molar-refractivity contribution in [3.8, 4) is 0 Å². The summed E-state index contributed by atoms with van der Waals surface area (Å²) in [5.41, 5.74) is 0.198. The fraction of sp³-hybridized carbons (Fsp3) is 0.200. The van der Waals surface area contributed by atoms with Gasteiger partial charge in [-0.1, -0.05) is 12.1 Å². The van der Waals surface area contributed by atoms with E-state index in [1.807, 2.05) is 22.6 Å². The summed E-state index contributed by atoms with van der Waals surface area (Å²) in [4.78, 5) is 15.8. The number of hydrogen-bond acceptors (Lipinski definition) is 4. The third kappa shape index (κ3) is 4.57. The van der Waals surface area contributed by atoms with E-state index in [1.165, 1.54) is 19.2 Å². The van der Waals surface area contributed by atoms with Gasteiger partial charge < -0.3 is 10.1 Å². The van der Waals surface area contributed by atoms with E-state index in [0.717, 1.165) is 15.7 Å². The van der Waals surface area contributed by atoms with Crippen LogP contribution in [0.3, 0.4) is 0 Å². The average Bonchev–Trinajstić information content (AvgIpc) is 2.52. The molecule has 1 aromatic carbocycles. The van der Waals surface area contributed by atoms with Crippen LogP contribution in [0.4, 0.5) is 19.0 Å². The second kappa shape index (κ2) is 7.16. The molecule has 1 heterocycles. The van der Waals surface area contributed by atoms with Crippen LogP contribution in [-0.2, 0) is 17.5 Å². The molecule has 23 heavy (non-hydrogen) atoms. The lowest BCUT2D eigenvalue weighted by Gasteiger charge is -2.11. The second-order valence-corrected chi connectivity index (χ2v) is 5.84. The largest absolute Gasteiger partial charge is 0.465 e. The number of rotatable bonds is 4. The lowest BCUT2D eigenvalue weighted by Crippen LogP contribution is -2.11. The predicted molar refractivity (Wildman–Crippen MR) is 87.1 cm³/mol. The monoisotopic (exact) mass is 436 g/mol. The van der Waals surface area contributed by atoms with Crippen LogP contribution >= 0.6 is 22.6 Å². The molecule has 0 radical (unpaired) electrons. The Labute approximate surface area is 144 Å². The highest BCUT2D eigenvalue weighted by molar-refractivity contribution is 14.1. The Kier molecular flexibility index (Phi) is 5.45. The quantitative estimate of drug-likeness (QED) is 0.580. The number of carbonyl (C=O) groups excluding carboxylic acids is 1. The molecule has 0 unspecified atom stereocenters. The minimum Gasteiger partial charge on any atom is -0.465 e. The third-order valence-corrected chi connectivity index (χ3v) is 3.59. The molecule has 0 aliphatic carbocycles. The van der Waals surface area contributed by atoms with Gasteiger partial charge in [-0.05, 0) is 46.4 Å². The zero-order valence-electron chi connectivity index (χ0n) is 11.9. The standard InChI is InChI=1S/C15H12F3IN2O2/c1-23-14(22)12-6-11(19)8-21-13(12)20-7-9-2-4-10(5-3-9)15(16,17)18/h2-6,8H,7H2,1H3,(H,20,21). The fourth-order valence-electron chi connectivity index (χ4n) is 1.84. The molecule has 0 aliphatic rings. The Balaban J connectivity index is 2.13. The highest BCUT2D eigenvalue weighted by Crippen LogP contribution is 2.29. The number of carbonyl (C=O) groups is 1. The normalized spacial score (nSPS) is 11.2. The van der Waals surface area contributed by atoms with E-state index >= 15 is 0 Å². The van der Waals surface area contributed by atoms with Gasteiger partial charge in [0.25, 0.3) is 0 Å². The van der Waals surface area contributed by atoms with Crippen LogP contribution in [0.15, 0.2) is 36.5 Å². The van der Waals surface area contributed by atoms with E-state index in [1.54, 1.807) is 12.3 Å². The van der Waals surface area contributed by atoms with Crippen LogP contribution in [0.5, 0.6) is 0 Å². The zero-order chi connectivity index (χ0) is 17.0. The van der Waals surface area contributed by atoms with Crippen molar-refractivity contribution >= 4 is 34.4 Å². The molecular weight excluding hydrogens is 424 g/mol. The summed E-state index contributed by atoms with van der Waals surface area (Å²) in [6.45, 7) is 0.232. The molecule has 4 nitrogen and oxygen atoms in total. The zero-order valence-corrected chi connectivity index (χ0v) is 14.1. The van der Waals surface area contributed by atoms with Crippen LogP contribution in [-0.4, -0.2) is 18.1 Å². The van der Waals surface area contributed by atoms with Gasteiger partial charge in [0.05, 0.1) is 12.7 Å². The lowest BCUT2D eigenvalue weighted by molar-refractivity contribution is -0.137. The molecule has 2 rings (SSSR count). The molecule has 0 bridgehead atoms. The third-order valence-electron chi connectivity index (χ3n) is 3.00. The maximum atomic E-state index is 12.5. The van der Waals surface area contributed by atoms with E-state index in [4.69, 9.17) is 0 Å². The van der Waals surface area contributed by atoms with Crippen molar-refractivity contribution < 1.29 is 22.7 Å². The van der Waals surface area contributed by atoms with E-state index in [2.05, 4.69) is 15.0 Å². The number of methoxy groups -OCH3 is 1. The van der Waals surface area contributed by atoms with Crippen LogP contribution in [0, 0.1) is 3.57 Å². The van der Waals surface area contributed by atoms with Crippen molar-refractivity contribution in [2.24, 2.45) is 0 Å². The number of nitrogens with zero attached hydrogens (tertiary/aromatic N) is 1. The summed E-state index contributed by atoms with van der Waals surface area (Å²) in [6, 6.07) is 6.40. The number of nitrogens with one attached hydrogen (secondary N) is 1. The van der Waals surface area contributed by atoms with Crippen molar-refractivity contribution in [3.05, 3.63) is 56.8 Å². The van der Waals surface area contributed by atoms with Gasteiger partial charge in [-0.15, -0.1) is 0 Å². The van der Waals surface area contributed by atoms with Gasteiger partial charge in [-0.3, -0.25) is 0 Å². The minimum absolute atomic E-state index is 0.232. The smallest absolute Gasteiger partial charge is 0.416 e. The molecule has 0 aliphatic heterocycles. The number of aromatic nitrogens is 1. The van der Waals surface area contributed by atoms with E-state index in [9.17, 15) is 18.0 Å². The highest BCUT2D eigenvalue weighted by atomic mass is 127. The first-order valence-corrected chi connectivity index (χ1v) is 7.53. The predicted octanol–water partition coefficient (Wildman–Crippen LogP) is 4.10. The maximum Gasteiger partial charge on any atom is 0.416 e. The Bertz CT molecular complexity index is 703. The molecule has 0 amide bonds. The first-order valence-electron chi connectivity index (χ1n) is 6.45. The fourth-order valence-corrected chi connectivity index (χ4v) is 2.29. The second-order valence-electron chi connectivity index (χ2n) is 4.59. The van der Waals surface area contributed by atoms with Gasteiger partial charge in [0.1, 0.15) is 11.4 Å².